The van der Waals surface area contributed by atoms with Gasteiger partial charge < -0.3 is 4.74 Å². The molecule has 1 aromatic rings. The van der Waals surface area contributed by atoms with E-state index in [9.17, 15) is 9.18 Å². The lowest BCUT2D eigenvalue weighted by Crippen LogP contribution is -2.49. The number of nitrogens with one attached hydrogen (secondary N) is 1. The fourth-order valence-corrected chi connectivity index (χ4v) is 1.75. The van der Waals surface area contributed by atoms with Crippen molar-refractivity contribution in [3.63, 3.8) is 0 Å². The summed E-state index contributed by atoms with van der Waals surface area (Å²) in [5.41, 5.74) is -0.540. The molecule has 0 bridgehead atoms. The van der Waals surface area contributed by atoms with Gasteiger partial charge in [0.2, 0.25) is 0 Å². The number of esters is 1. The molecule has 0 radical (unpaired) electrons. The first-order valence-corrected chi connectivity index (χ1v) is 5.54. The number of nitrogens with zero attached hydrogens (tertiary/aromatic N) is 1. The van der Waals surface area contributed by atoms with Gasteiger partial charge in [-0.05, 0) is 31.9 Å². The zero-order valence-electron chi connectivity index (χ0n) is 9.87. The summed E-state index contributed by atoms with van der Waals surface area (Å²) in [5.74, 6) is -0.837. The molecule has 17 heavy (non-hydrogen) atoms. The fraction of sp³-hybridized carbons (Fsp3) is 0.500. The molecule has 1 aliphatic carbocycles. The Balaban J connectivity index is 2.30. The van der Waals surface area contributed by atoms with Crippen molar-refractivity contribution in [2.24, 2.45) is 0 Å². The molecule has 1 saturated carbocycles. The van der Waals surface area contributed by atoms with Crippen LogP contribution in [0.25, 0.3) is 0 Å². The second-order valence-electron chi connectivity index (χ2n) is 4.40. The minimum absolute atomic E-state index is 0.311. The van der Waals surface area contributed by atoms with Crippen LogP contribution in [0.15, 0.2) is 18.3 Å². The number of carbonyl (C=O) groups excluding carboxylic acids is 1. The molecule has 1 unspecified atom stereocenters. The number of methoxy groups -OCH3 is 1. The summed E-state index contributed by atoms with van der Waals surface area (Å²) in [5, 5.41) is 3.19. The number of hydrogen-bond donors (Lipinski definition) is 1. The lowest BCUT2D eigenvalue weighted by atomic mass is 9.97. The zero-order valence-corrected chi connectivity index (χ0v) is 9.87. The van der Waals surface area contributed by atoms with E-state index in [0.29, 0.717) is 11.7 Å². The number of ether oxygens (including phenoxy) is 1. The molecule has 1 N–H and O–H groups in total. The average Bonchev–Trinajstić information content (AvgIpc) is 3.12. The van der Waals surface area contributed by atoms with Gasteiger partial charge in [0.15, 0.2) is 5.54 Å². The maximum Gasteiger partial charge on any atom is 0.332 e. The maximum absolute atomic E-state index is 12.8. The standard InChI is InChI=1S/C12H15FN2O2/c1-12(11(16)17-2,15-9-4-5-9)10-6-3-8(13)7-14-10/h3,6-7,9,15H,4-5H2,1-2H3. The van der Waals surface area contributed by atoms with Gasteiger partial charge in [-0.25, -0.2) is 9.18 Å². The van der Waals surface area contributed by atoms with E-state index >= 15 is 0 Å². The SMILES string of the molecule is COC(=O)C(C)(NC1CC1)c1ccc(F)cn1. The van der Waals surface area contributed by atoms with Crippen LogP contribution in [-0.4, -0.2) is 24.1 Å². The third kappa shape index (κ3) is 2.44. The van der Waals surface area contributed by atoms with Crippen molar-refractivity contribution in [2.75, 3.05) is 7.11 Å². The lowest BCUT2D eigenvalue weighted by Gasteiger charge is -2.27. The van der Waals surface area contributed by atoms with Gasteiger partial charge in [-0.2, -0.15) is 0 Å². The summed E-state index contributed by atoms with van der Waals surface area (Å²) in [6.45, 7) is 1.71. The van der Waals surface area contributed by atoms with E-state index in [1.165, 1.54) is 19.2 Å². The highest BCUT2D eigenvalue weighted by molar-refractivity contribution is 5.81. The molecule has 0 amide bonds. The van der Waals surface area contributed by atoms with Gasteiger partial charge in [-0.15, -0.1) is 0 Å². The summed E-state index contributed by atoms with van der Waals surface area (Å²) in [6, 6.07) is 3.10. The van der Waals surface area contributed by atoms with Gasteiger partial charge in [0.1, 0.15) is 5.82 Å². The van der Waals surface area contributed by atoms with E-state index in [-0.39, 0.29) is 0 Å². The summed E-state index contributed by atoms with van der Waals surface area (Å²) in [4.78, 5) is 15.8. The van der Waals surface area contributed by atoms with Crippen molar-refractivity contribution >= 4 is 5.97 Å². The number of pyridine rings is 1. The topological polar surface area (TPSA) is 51.2 Å². The van der Waals surface area contributed by atoms with Gasteiger partial charge in [0, 0.05) is 6.04 Å². The van der Waals surface area contributed by atoms with E-state index in [4.69, 9.17) is 4.74 Å². The summed E-state index contributed by atoms with van der Waals surface area (Å²) in [7, 11) is 1.33. The van der Waals surface area contributed by atoms with Gasteiger partial charge in [0.25, 0.3) is 0 Å². The van der Waals surface area contributed by atoms with Crippen LogP contribution in [0.1, 0.15) is 25.5 Å². The second kappa shape index (κ2) is 4.41. The third-order valence-electron chi connectivity index (χ3n) is 2.90. The van der Waals surface area contributed by atoms with Crippen molar-refractivity contribution in [2.45, 2.75) is 31.3 Å². The Kier molecular flexibility index (Phi) is 3.11. The quantitative estimate of drug-likeness (QED) is 0.805. The largest absolute Gasteiger partial charge is 0.467 e. The van der Waals surface area contributed by atoms with E-state index in [0.717, 1.165) is 19.0 Å². The highest BCUT2D eigenvalue weighted by Crippen LogP contribution is 2.28. The van der Waals surface area contributed by atoms with Crippen molar-refractivity contribution in [1.29, 1.82) is 0 Å². The molecule has 1 heterocycles. The van der Waals surface area contributed by atoms with Crippen LogP contribution in [-0.2, 0) is 15.1 Å². The molecule has 1 fully saturated rings. The van der Waals surface area contributed by atoms with Crippen molar-refractivity contribution in [3.8, 4) is 0 Å². The predicted molar refractivity (Wildman–Crippen MR) is 59.7 cm³/mol. The highest BCUT2D eigenvalue weighted by Gasteiger charge is 2.42. The van der Waals surface area contributed by atoms with Gasteiger partial charge in [-0.3, -0.25) is 10.3 Å². The van der Waals surface area contributed by atoms with Crippen LogP contribution >= 0.6 is 0 Å². The molecule has 92 valence electrons. The molecule has 0 aromatic carbocycles. The predicted octanol–water partition coefficient (Wildman–Crippen LogP) is 1.36. The maximum atomic E-state index is 12.8. The lowest BCUT2D eigenvalue weighted by molar-refractivity contribution is -0.148. The Morgan fingerprint density at radius 3 is 2.76 bits per heavy atom. The first-order valence-electron chi connectivity index (χ1n) is 5.54. The van der Waals surface area contributed by atoms with Crippen LogP contribution < -0.4 is 5.32 Å². The molecular formula is C12H15FN2O2. The first kappa shape index (κ1) is 12.0. The fourth-order valence-electron chi connectivity index (χ4n) is 1.75. The van der Waals surface area contributed by atoms with Crippen molar-refractivity contribution in [1.82, 2.24) is 10.3 Å². The number of halogens is 1. The van der Waals surface area contributed by atoms with E-state index < -0.39 is 17.3 Å². The Morgan fingerprint density at radius 2 is 2.29 bits per heavy atom. The van der Waals surface area contributed by atoms with E-state index in [2.05, 4.69) is 10.3 Å². The third-order valence-corrected chi connectivity index (χ3v) is 2.90. The zero-order chi connectivity index (χ0) is 12.5. The average molecular weight is 238 g/mol. The number of carbonyl (C=O) groups is 1. The summed E-state index contributed by atoms with van der Waals surface area (Å²) < 4.78 is 17.6. The van der Waals surface area contributed by atoms with Gasteiger partial charge >= 0.3 is 5.97 Å². The van der Waals surface area contributed by atoms with Crippen LogP contribution in [0.3, 0.4) is 0 Å². The van der Waals surface area contributed by atoms with Gasteiger partial charge in [-0.1, -0.05) is 0 Å². The van der Waals surface area contributed by atoms with Crippen molar-refractivity contribution in [3.05, 3.63) is 29.8 Å². The molecular weight excluding hydrogens is 223 g/mol. The molecule has 4 nitrogen and oxygen atoms in total. The molecule has 1 aromatic heterocycles. The molecule has 1 aliphatic rings. The van der Waals surface area contributed by atoms with E-state index in [1.54, 1.807) is 6.92 Å². The summed E-state index contributed by atoms with van der Waals surface area (Å²) >= 11 is 0. The first-order chi connectivity index (χ1) is 8.06. The van der Waals surface area contributed by atoms with Crippen LogP contribution in [0, 0.1) is 5.82 Å². The highest BCUT2D eigenvalue weighted by atomic mass is 19.1. The minimum atomic E-state index is -1.01. The van der Waals surface area contributed by atoms with Crippen LogP contribution in [0.2, 0.25) is 0 Å². The Morgan fingerprint density at radius 1 is 1.59 bits per heavy atom. The molecule has 0 spiro atoms. The number of hydrogen-bond acceptors (Lipinski definition) is 4. The molecule has 0 saturated heterocycles. The van der Waals surface area contributed by atoms with E-state index in [1.807, 2.05) is 0 Å². The molecule has 2 rings (SSSR count). The molecule has 0 aliphatic heterocycles. The molecule has 5 heteroatoms. The van der Waals surface area contributed by atoms with Crippen molar-refractivity contribution < 1.29 is 13.9 Å². The Labute approximate surface area is 99.2 Å². The molecule has 1 atom stereocenters. The smallest absolute Gasteiger partial charge is 0.332 e. The van der Waals surface area contributed by atoms with Crippen LogP contribution in [0.4, 0.5) is 4.39 Å². The number of aromatic nitrogens is 1. The monoisotopic (exact) mass is 238 g/mol. The number of rotatable bonds is 4. The Bertz CT molecular complexity index is 417. The summed E-state index contributed by atoms with van der Waals surface area (Å²) in [6.07, 6.45) is 3.17. The Hall–Kier alpha value is -1.49. The second-order valence-corrected chi connectivity index (χ2v) is 4.40. The van der Waals surface area contributed by atoms with Crippen LogP contribution in [0.5, 0.6) is 0 Å². The van der Waals surface area contributed by atoms with Gasteiger partial charge in [0.05, 0.1) is 19.0 Å². The minimum Gasteiger partial charge on any atom is -0.467 e. The normalized spacial score (nSPS) is 18.5.